The first kappa shape index (κ1) is 9.32. The zero-order valence-corrected chi connectivity index (χ0v) is 8.18. The van der Waals surface area contributed by atoms with Crippen LogP contribution in [0.3, 0.4) is 0 Å². The summed E-state index contributed by atoms with van der Waals surface area (Å²) in [5.74, 6) is 0.551. The molecule has 0 atom stereocenters. The Labute approximate surface area is 86.4 Å². The molecule has 0 aliphatic rings. The predicted molar refractivity (Wildman–Crippen MR) is 55.4 cm³/mol. The number of H-pyrrole nitrogens is 1. The minimum absolute atomic E-state index is 0.551. The molecule has 2 aromatic rings. The van der Waals surface area contributed by atoms with Crippen LogP contribution in [-0.2, 0) is 0 Å². The molecule has 0 fully saturated rings. The van der Waals surface area contributed by atoms with Crippen molar-refractivity contribution < 1.29 is 0 Å². The van der Waals surface area contributed by atoms with Gasteiger partial charge in [0, 0.05) is 31.2 Å². The number of aromatic amines is 1. The molecule has 0 unspecified atom stereocenters. The maximum absolute atomic E-state index is 3.98. The number of nitrogens with zero attached hydrogens (tertiary/aromatic N) is 4. The molecule has 2 aromatic heterocycles. The van der Waals surface area contributed by atoms with Gasteiger partial charge >= 0.3 is 0 Å². The minimum Gasteiger partial charge on any atom is -0.294 e. The second-order valence-corrected chi connectivity index (χ2v) is 2.78. The molecule has 0 saturated carbocycles. The normalized spacial score (nSPS) is 10.7. The fourth-order valence-corrected chi connectivity index (χ4v) is 1.20. The van der Waals surface area contributed by atoms with Crippen LogP contribution in [0.5, 0.6) is 0 Å². The zero-order chi connectivity index (χ0) is 10.5. The van der Waals surface area contributed by atoms with Gasteiger partial charge < -0.3 is 0 Å². The first-order valence-electron chi connectivity index (χ1n) is 4.43. The quantitative estimate of drug-likeness (QED) is 0.587. The second kappa shape index (κ2) is 4.32. The fraction of sp³-hybridized carbons (Fsp3) is 0.111. The Kier molecular flexibility index (Phi) is 2.68. The smallest absolute Gasteiger partial charge is 0.204 e. The van der Waals surface area contributed by atoms with Crippen molar-refractivity contribution in [2.75, 3.05) is 7.05 Å². The van der Waals surface area contributed by atoms with Gasteiger partial charge in [-0.15, -0.1) is 5.11 Å². The van der Waals surface area contributed by atoms with E-state index in [1.54, 1.807) is 25.6 Å². The highest BCUT2D eigenvalue weighted by molar-refractivity contribution is 5.71. The summed E-state index contributed by atoms with van der Waals surface area (Å²) >= 11 is 0. The number of hydrogen-bond donors (Lipinski definition) is 2. The van der Waals surface area contributed by atoms with Crippen LogP contribution < -0.4 is 5.43 Å². The standard InChI is InChI=1S/C9H10N6/c1-10-15-14-9-8(6-12-13-9)7-2-4-11-5-3-7/h2-6H,1H3,(H2,10,12,13,14). The Balaban J connectivity index is 2.37. The van der Waals surface area contributed by atoms with E-state index in [2.05, 4.69) is 30.9 Å². The van der Waals surface area contributed by atoms with Gasteiger partial charge in [0.25, 0.3) is 0 Å². The lowest BCUT2D eigenvalue weighted by Crippen LogP contribution is -1.89. The summed E-state index contributed by atoms with van der Waals surface area (Å²) in [5.41, 5.74) is 4.48. The molecule has 0 spiro atoms. The Bertz CT molecular complexity index is 447. The summed E-state index contributed by atoms with van der Waals surface area (Å²) in [6.45, 7) is 0. The molecule has 0 aliphatic carbocycles. The third kappa shape index (κ3) is 1.98. The Morgan fingerprint density at radius 2 is 2.13 bits per heavy atom. The lowest BCUT2D eigenvalue weighted by Gasteiger charge is -1.95. The molecule has 76 valence electrons. The van der Waals surface area contributed by atoms with Crippen LogP contribution in [0.25, 0.3) is 11.1 Å². The van der Waals surface area contributed by atoms with Gasteiger partial charge in [0.1, 0.15) is 0 Å². The van der Waals surface area contributed by atoms with Crippen LogP contribution >= 0.6 is 0 Å². The molecule has 2 rings (SSSR count). The third-order valence-electron chi connectivity index (χ3n) is 1.86. The number of rotatable bonds is 3. The van der Waals surface area contributed by atoms with Crippen LogP contribution in [0.4, 0.5) is 5.82 Å². The largest absolute Gasteiger partial charge is 0.294 e. The highest BCUT2D eigenvalue weighted by Crippen LogP contribution is 2.26. The highest BCUT2D eigenvalue weighted by atomic mass is 15.4. The zero-order valence-electron chi connectivity index (χ0n) is 8.18. The molecule has 0 aromatic carbocycles. The van der Waals surface area contributed by atoms with Crippen LogP contribution in [0.15, 0.2) is 41.1 Å². The molecule has 0 amide bonds. The van der Waals surface area contributed by atoms with Crippen molar-refractivity contribution in [3.8, 4) is 11.1 Å². The Morgan fingerprint density at radius 1 is 1.33 bits per heavy atom. The lowest BCUT2D eigenvalue weighted by molar-refractivity contribution is 0.815. The fourth-order valence-electron chi connectivity index (χ4n) is 1.20. The van der Waals surface area contributed by atoms with Crippen LogP contribution in [-0.4, -0.2) is 22.2 Å². The summed E-state index contributed by atoms with van der Waals surface area (Å²) in [6, 6.07) is 3.78. The number of aromatic nitrogens is 3. The molecular formula is C9H10N6. The third-order valence-corrected chi connectivity index (χ3v) is 1.86. The molecule has 0 radical (unpaired) electrons. The van der Waals surface area contributed by atoms with Gasteiger partial charge in [0.2, 0.25) is 5.82 Å². The second-order valence-electron chi connectivity index (χ2n) is 2.78. The van der Waals surface area contributed by atoms with Gasteiger partial charge in [0.05, 0.1) is 0 Å². The summed E-state index contributed by atoms with van der Waals surface area (Å²) in [5, 5.41) is 14.3. The van der Waals surface area contributed by atoms with E-state index in [0.29, 0.717) is 5.82 Å². The van der Waals surface area contributed by atoms with Gasteiger partial charge in [0.15, 0.2) is 0 Å². The molecule has 0 saturated heterocycles. The number of nitrogens with one attached hydrogen (secondary N) is 2. The summed E-state index contributed by atoms with van der Waals surface area (Å²) in [4.78, 5) is 3.95. The minimum atomic E-state index is 0.551. The van der Waals surface area contributed by atoms with Crippen LogP contribution in [0.1, 0.15) is 0 Å². The van der Waals surface area contributed by atoms with Gasteiger partial charge in [-0.05, 0) is 17.7 Å². The average Bonchev–Trinajstić information content (AvgIpc) is 2.75. The van der Waals surface area contributed by atoms with Crippen molar-refractivity contribution in [2.45, 2.75) is 0 Å². The Morgan fingerprint density at radius 3 is 2.87 bits per heavy atom. The molecule has 2 heterocycles. The Hall–Kier alpha value is -2.24. The number of pyridine rings is 1. The van der Waals surface area contributed by atoms with Crippen molar-refractivity contribution in [1.82, 2.24) is 20.6 Å². The van der Waals surface area contributed by atoms with E-state index in [1.807, 2.05) is 12.1 Å². The van der Waals surface area contributed by atoms with Crippen molar-refractivity contribution in [1.29, 1.82) is 0 Å². The van der Waals surface area contributed by atoms with E-state index in [0.717, 1.165) is 11.1 Å². The van der Waals surface area contributed by atoms with Gasteiger partial charge in [-0.2, -0.15) is 5.10 Å². The van der Waals surface area contributed by atoms with Gasteiger partial charge in [-0.1, -0.05) is 5.22 Å². The highest BCUT2D eigenvalue weighted by Gasteiger charge is 2.06. The summed E-state index contributed by atoms with van der Waals surface area (Å²) in [7, 11) is 1.68. The van der Waals surface area contributed by atoms with E-state index >= 15 is 0 Å². The van der Waals surface area contributed by atoms with Crippen molar-refractivity contribution in [3.05, 3.63) is 30.7 Å². The molecule has 15 heavy (non-hydrogen) atoms. The number of hydrogen-bond acceptors (Lipinski definition) is 4. The van der Waals surface area contributed by atoms with Gasteiger partial charge in [-0.25, -0.2) is 0 Å². The van der Waals surface area contributed by atoms with E-state index in [4.69, 9.17) is 0 Å². The molecule has 6 nitrogen and oxygen atoms in total. The first-order valence-corrected chi connectivity index (χ1v) is 4.43. The topological polar surface area (TPSA) is 78.3 Å². The summed E-state index contributed by atoms with van der Waals surface area (Å²) in [6.07, 6.45) is 5.22. The molecule has 2 N–H and O–H groups in total. The van der Waals surface area contributed by atoms with Gasteiger partial charge in [-0.3, -0.25) is 15.5 Å². The monoisotopic (exact) mass is 202 g/mol. The van der Waals surface area contributed by atoms with Crippen molar-refractivity contribution in [3.63, 3.8) is 0 Å². The first-order chi connectivity index (χ1) is 7.42. The van der Waals surface area contributed by atoms with Crippen molar-refractivity contribution >= 4 is 5.82 Å². The maximum Gasteiger partial charge on any atom is 0.204 e. The van der Waals surface area contributed by atoms with E-state index in [1.165, 1.54) is 0 Å². The van der Waals surface area contributed by atoms with E-state index in [-0.39, 0.29) is 0 Å². The molecular weight excluding hydrogens is 192 g/mol. The van der Waals surface area contributed by atoms with E-state index in [9.17, 15) is 0 Å². The predicted octanol–water partition coefficient (Wildman–Crippen LogP) is 1.69. The van der Waals surface area contributed by atoms with E-state index < -0.39 is 0 Å². The maximum atomic E-state index is 3.98. The molecule has 0 aliphatic heterocycles. The molecule has 0 bridgehead atoms. The van der Waals surface area contributed by atoms with Crippen LogP contribution in [0, 0.1) is 0 Å². The van der Waals surface area contributed by atoms with Crippen molar-refractivity contribution in [2.24, 2.45) is 10.3 Å². The SMILES string of the molecule is CNN=Nc1n[nH]cc1-c1ccncc1. The lowest BCUT2D eigenvalue weighted by atomic mass is 10.1. The molecule has 6 heteroatoms. The summed E-state index contributed by atoms with van der Waals surface area (Å²) < 4.78 is 0. The average molecular weight is 202 g/mol. The van der Waals surface area contributed by atoms with Crippen LogP contribution in [0.2, 0.25) is 0 Å².